The first-order chi connectivity index (χ1) is 5.93. The van der Waals surface area contributed by atoms with Crippen molar-refractivity contribution >= 4 is 17.4 Å². The predicted octanol–water partition coefficient (Wildman–Crippen LogP) is 3.87. The molecule has 0 nitrogen and oxygen atoms in total. The molecule has 0 aromatic carbocycles. The van der Waals surface area contributed by atoms with E-state index < -0.39 is 0 Å². The molecule has 0 fully saturated rings. The van der Waals surface area contributed by atoms with Crippen molar-refractivity contribution in [3.8, 4) is 0 Å². The fourth-order valence-corrected chi connectivity index (χ4v) is 1.12. The van der Waals surface area contributed by atoms with Gasteiger partial charge in [0.25, 0.3) is 0 Å². The Labute approximate surface area is 95.9 Å². The molecule has 0 bridgehead atoms. The summed E-state index contributed by atoms with van der Waals surface area (Å²) in [7, 11) is 0. The number of hydrogen-bond acceptors (Lipinski definition) is 0. The molecular weight excluding hydrogens is 171 g/mol. The summed E-state index contributed by atoms with van der Waals surface area (Å²) in [6.07, 6.45) is 9.57. The summed E-state index contributed by atoms with van der Waals surface area (Å²) in [6, 6.07) is 0. The molecule has 1 aliphatic rings. The normalized spacial score (nSPS) is 18.4. The van der Waals surface area contributed by atoms with Crippen molar-refractivity contribution in [2.24, 2.45) is 5.92 Å². The quantitative estimate of drug-likeness (QED) is 0.338. The van der Waals surface area contributed by atoms with Gasteiger partial charge in [-0.05, 0) is 19.3 Å². The van der Waals surface area contributed by atoms with E-state index in [0.717, 1.165) is 12.3 Å². The van der Waals surface area contributed by atoms with E-state index in [-0.39, 0.29) is 17.4 Å². The molecule has 1 rings (SSSR count). The molecule has 1 heteroatoms. The molecule has 1 atom stereocenters. The van der Waals surface area contributed by atoms with Crippen LogP contribution in [-0.4, -0.2) is 17.4 Å². The van der Waals surface area contributed by atoms with Gasteiger partial charge in [-0.1, -0.05) is 18.1 Å². The molecule has 0 saturated carbocycles. The molecular formula is C12H23Al. The topological polar surface area (TPSA) is 0 Å². The van der Waals surface area contributed by atoms with Crippen LogP contribution in [0.1, 0.15) is 39.5 Å². The minimum absolute atomic E-state index is 0. The van der Waals surface area contributed by atoms with Gasteiger partial charge in [0, 0.05) is 0 Å². The summed E-state index contributed by atoms with van der Waals surface area (Å²) in [5, 5.41) is 0. The van der Waals surface area contributed by atoms with Gasteiger partial charge < -0.3 is 20.8 Å². The van der Waals surface area contributed by atoms with E-state index >= 15 is 0 Å². The van der Waals surface area contributed by atoms with E-state index in [0.29, 0.717) is 0 Å². The van der Waals surface area contributed by atoms with Gasteiger partial charge in [-0.3, -0.25) is 0 Å². The first kappa shape index (κ1) is 18.9. The number of hydrogen-bond donors (Lipinski definition) is 0. The first-order valence-corrected chi connectivity index (χ1v) is 4.79. The summed E-state index contributed by atoms with van der Waals surface area (Å²) in [6.45, 7) is 13.9. The van der Waals surface area contributed by atoms with Crippen LogP contribution in [0.4, 0.5) is 0 Å². The van der Waals surface area contributed by atoms with E-state index in [9.17, 15) is 0 Å². The molecule has 1 aliphatic carbocycles. The van der Waals surface area contributed by atoms with Crippen LogP contribution in [0.2, 0.25) is 0 Å². The summed E-state index contributed by atoms with van der Waals surface area (Å²) < 4.78 is 0. The SMILES string of the molecule is [Al+3].[CH2-]C.[CH2-]C.[CH2-]CC1CC=CCC1. The smallest absolute Gasteiger partial charge is 0.346 e. The van der Waals surface area contributed by atoms with E-state index in [1.807, 2.05) is 0 Å². The fraction of sp³-hybridized carbons (Fsp3) is 0.583. The van der Waals surface area contributed by atoms with Crippen molar-refractivity contribution in [1.82, 2.24) is 0 Å². The average Bonchev–Trinajstić information content (AvgIpc) is 2.25. The molecule has 0 aromatic rings. The Kier molecular flexibility index (Phi) is 26.4. The Bertz CT molecular complexity index is 87.1. The molecule has 74 valence electrons. The zero-order valence-corrected chi connectivity index (χ0v) is 10.4. The summed E-state index contributed by atoms with van der Waals surface area (Å²) in [5.74, 6) is 0.889. The molecule has 1 unspecified atom stereocenters. The third kappa shape index (κ3) is 12.3. The van der Waals surface area contributed by atoms with Gasteiger partial charge in [0.05, 0.1) is 0 Å². The van der Waals surface area contributed by atoms with Gasteiger partial charge in [0.15, 0.2) is 0 Å². The molecule has 0 heterocycles. The van der Waals surface area contributed by atoms with Crippen LogP contribution < -0.4 is 0 Å². The van der Waals surface area contributed by atoms with Crippen molar-refractivity contribution in [3.63, 3.8) is 0 Å². The van der Waals surface area contributed by atoms with Crippen LogP contribution in [0.15, 0.2) is 12.2 Å². The largest absolute Gasteiger partial charge is 3.00 e. The van der Waals surface area contributed by atoms with E-state index in [4.69, 9.17) is 0 Å². The standard InChI is InChI=1S/C8H13.2C2H5.Al/c1-2-8-6-4-3-5-7-8;2*1-2;/h3-4,8H,1-2,5-7H2;2*1H2,2H3;/q3*-1;+3. The van der Waals surface area contributed by atoms with Crippen LogP contribution in [0.5, 0.6) is 0 Å². The molecule has 0 N–H and O–H groups in total. The molecule has 0 aliphatic heterocycles. The number of allylic oxidation sites excluding steroid dienone is 2. The summed E-state index contributed by atoms with van der Waals surface area (Å²) >= 11 is 0. The third-order valence-corrected chi connectivity index (χ3v) is 1.79. The van der Waals surface area contributed by atoms with Gasteiger partial charge in [0.1, 0.15) is 0 Å². The van der Waals surface area contributed by atoms with Gasteiger partial charge in [-0.25, -0.2) is 0 Å². The van der Waals surface area contributed by atoms with Crippen molar-refractivity contribution in [1.29, 1.82) is 0 Å². The van der Waals surface area contributed by atoms with E-state index in [1.54, 1.807) is 13.8 Å². The Hall–Kier alpha value is 0.272. The fourth-order valence-electron chi connectivity index (χ4n) is 1.12. The van der Waals surface area contributed by atoms with Crippen LogP contribution in [0.3, 0.4) is 0 Å². The Balaban J connectivity index is -0.000000178. The molecule has 0 spiro atoms. The van der Waals surface area contributed by atoms with Gasteiger partial charge >= 0.3 is 17.4 Å². The minimum atomic E-state index is 0. The maximum atomic E-state index is 3.88. The van der Waals surface area contributed by atoms with Crippen molar-refractivity contribution in [2.45, 2.75) is 39.5 Å². The monoisotopic (exact) mass is 194 g/mol. The van der Waals surface area contributed by atoms with Crippen LogP contribution in [-0.2, 0) is 0 Å². The summed E-state index contributed by atoms with van der Waals surface area (Å²) in [5.41, 5.74) is 0. The second kappa shape index (κ2) is 18.1. The third-order valence-electron chi connectivity index (χ3n) is 1.79. The van der Waals surface area contributed by atoms with Gasteiger partial charge in [-0.15, -0.1) is 0 Å². The van der Waals surface area contributed by atoms with Gasteiger partial charge in [-0.2, -0.15) is 20.3 Å². The minimum Gasteiger partial charge on any atom is -0.346 e. The van der Waals surface area contributed by atoms with Crippen LogP contribution in [0, 0.1) is 26.7 Å². The number of rotatable bonds is 1. The molecule has 13 heavy (non-hydrogen) atoms. The Morgan fingerprint density at radius 1 is 1.15 bits per heavy atom. The zero-order chi connectivity index (χ0) is 9.82. The molecule has 0 saturated heterocycles. The Morgan fingerprint density at radius 2 is 1.69 bits per heavy atom. The predicted molar refractivity (Wildman–Crippen MR) is 64.3 cm³/mol. The van der Waals surface area contributed by atoms with Crippen molar-refractivity contribution in [3.05, 3.63) is 32.9 Å². The second-order valence-electron chi connectivity index (χ2n) is 2.44. The zero-order valence-electron chi connectivity index (χ0n) is 9.26. The first-order valence-electron chi connectivity index (χ1n) is 4.79. The van der Waals surface area contributed by atoms with E-state index in [2.05, 4.69) is 32.9 Å². The second-order valence-corrected chi connectivity index (χ2v) is 2.44. The molecule has 0 aromatic heterocycles. The van der Waals surface area contributed by atoms with Crippen molar-refractivity contribution in [2.75, 3.05) is 0 Å². The van der Waals surface area contributed by atoms with Crippen LogP contribution >= 0.6 is 0 Å². The maximum absolute atomic E-state index is 3.88. The average molecular weight is 194 g/mol. The molecule has 0 amide bonds. The van der Waals surface area contributed by atoms with Crippen LogP contribution in [0.25, 0.3) is 0 Å². The Morgan fingerprint density at radius 3 is 1.92 bits per heavy atom. The maximum Gasteiger partial charge on any atom is 3.00 e. The molecule has 0 radical (unpaired) electrons. The van der Waals surface area contributed by atoms with Gasteiger partial charge in [0.2, 0.25) is 0 Å². The van der Waals surface area contributed by atoms with Crippen molar-refractivity contribution < 1.29 is 0 Å². The van der Waals surface area contributed by atoms with E-state index in [1.165, 1.54) is 19.3 Å². The summed E-state index contributed by atoms with van der Waals surface area (Å²) in [4.78, 5) is 0.